The number of nitrogens with one attached hydrogen (secondary N) is 1. The lowest BCUT2D eigenvalue weighted by atomic mass is 10.3. The molecule has 7 heteroatoms. The molecule has 1 aromatic heterocycles. The first kappa shape index (κ1) is 14.4. The van der Waals surface area contributed by atoms with Gasteiger partial charge < -0.3 is 15.8 Å². The number of rotatable bonds is 5. The van der Waals surface area contributed by atoms with Crippen LogP contribution in [-0.4, -0.2) is 22.4 Å². The average molecular weight is 285 g/mol. The van der Waals surface area contributed by atoms with Crippen molar-refractivity contribution in [3.63, 3.8) is 0 Å². The Bertz CT molecular complexity index is 673. The predicted octanol–water partition coefficient (Wildman–Crippen LogP) is 1.64. The summed E-state index contributed by atoms with van der Waals surface area (Å²) < 4.78 is 6.10. The standard InChI is InChI=1S/C14H15N5O2/c1-2-21-12(20)9-19-13(16)11(8-15)14(18-19)17-10-6-4-3-5-7-10/h3-7H,2,9,16H2,1H3,(H,17,18). The zero-order chi connectivity index (χ0) is 15.2. The van der Waals surface area contributed by atoms with Crippen molar-refractivity contribution < 1.29 is 9.53 Å². The second-order valence-electron chi connectivity index (χ2n) is 4.17. The maximum atomic E-state index is 11.5. The third-order valence-electron chi connectivity index (χ3n) is 2.72. The van der Waals surface area contributed by atoms with Gasteiger partial charge in [-0.2, -0.15) is 10.4 Å². The number of nitrogen functional groups attached to an aromatic ring is 1. The molecule has 0 saturated heterocycles. The van der Waals surface area contributed by atoms with Crippen LogP contribution in [0.2, 0.25) is 0 Å². The van der Waals surface area contributed by atoms with Gasteiger partial charge in [-0.25, -0.2) is 4.68 Å². The van der Waals surface area contributed by atoms with E-state index < -0.39 is 5.97 Å². The summed E-state index contributed by atoms with van der Waals surface area (Å²) in [4.78, 5) is 11.5. The Morgan fingerprint density at radius 1 is 1.48 bits per heavy atom. The highest BCUT2D eigenvalue weighted by molar-refractivity contribution is 5.73. The van der Waals surface area contributed by atoms with Crippen molar-refractivity contribution in [3.8, 4) is 6.07 Å². The molecule has 0 amide bonds. The van der Waals surface area contributed by atoms with Crippen molar-refractivity contribution in [3.05, 3.63) is 35.9 Å². The van der Waals surface area contributed by atoms with Gasteiger partial charge in [-0.1, -0.05) is 18.2 Å². The van der Waals surface area contributed by atoms with E-state index in [1.165, 1.54) is 4.68 Å². The monoisotopic (exact) mass is 285 g/mol. The lowest BCUT2D eigenvalue weighted by Crippen LogP contribution is -2.16. The van der Waals surface area contributed by atoms with E-state index in [1.807, 2.05) is 36.4 Å². The highest BCUT2D eigenvalue weighted by Gasteiger charge is 2.17. The van der Waals surface area contributed by atoms with Crippen LogP contribution in [0.25, 0.3) is 0 Å². The Morgan fingerprint density at radius 2 is 2.19 bits per heavy atom. The molecule has 21 heavy (non-hydrogen) atoms. The lowest BCUT2D eigenvalue weighted by Gasteiger charge is -2.03. The van der Waals surface area contributed by atoms with Gasteiger partial charge in [-0.15, -0.1) is 0 Å². The first-order chi connectivity index (χ1) is 10.2. The van der Waals surface area contributed by atoms with Gasteiger partial charge in [0.05, 0.1) is 6.61 Å². The molecule has 0 aliphatic rings. The van der Waals surface area contributed by atoms with Crippen molar-refractivity contribution >= 4 is 23.3 Å². The van der Waals surface area contributed by atoms with Crippen LogP contribution in [-0.2, 0) is 16.1 Å². The highest BCUT2D eigenvalue weighted by atomic mass is 16.5. The van der Waals surface area contributed by atoms with Gasteiger partial charge in [0.15, 0.2) is 5.82 Å². The van der Waals surface area contributed by atoms with E-state index in [4.69, 9.17) is 10.5 Å². The molecule has 108 valence electrons. The minimum absolute atomic E-state index is 0.129. The Labute approximate surface area is 121 Å². The molecular formula is C14H15N5O2. The summed E-state index contributed by atoms with van der Waals surface area (Å²) >= 11 is 0. The number of esters is 1. The molecule has 0 atom stereocenters. The molecule has 1 heterocycles. The molecule has 0 spiro atoms. The topological polar surface area (TPSA) is 106 Å². The van der Waals surface area contributed by atoms with Gasteiger partial charge in [-0.05, 0) is 19.1 Å². The van der Waals surface area contributed by atoms with E-state index in [0.29, 0.717) is 5.82 Å². The molecular weight excluding hydrogens is 270 g/mol. The SMILES string of the molecule is CCOC(=O)Cn1nc(Nc2ccccc2)c(C#N)c1N. The Balaban J connectivity index is 2.26. The van der Waals surface area contributed by atoms with Crippen molar-refractivity contribution in [2.45, 2.75) is 13.5 Å². The van der Waals surface area contributed by atoms with Gasteiger partial charge in [0.2, 0.25) is 0 Å². The summed E-state index contributed by atoms with van der Waals surface area (Å²) in [6.07, 6.45) is 0. The third kappa shape index (κ3) is 3.30. The quantitative estimate of drug-likeness (QED) is 0.809. The molecule has 0 aliphatic carbocycles. The number of nitrogens with zero attached hydrogens (tertiary/aromatic N) is 3. The largest absolute Gasteiger partial charge is 0.465 e. The number of hydrogen-bond donors (Lipinski definition) is 2. The van der Waals surface area contributed by atoms with Crippen LogP contribution in [0.4, 0.5) is 17.3 Å². The van der Waals surface area contributed by atoms with Gasteiger partial charge >= 0.3 is 5.97 Å². The summed E-state index contributed by atoms with van der Waals surface area (Å²) in [6.45, 7) is 1.86. The van der Waals surface area contributed by atoms with Gasteiger partial charge in [0.25, 0.3) is 0 Å². The molecule has 1 aromatic carbocycles. The van der Waals surface area contributed by atoms with Crippen LogP contribution in [0.1, 0.15) is 12.5 Å². The fourth-order valence-corrected chi connectivity index (χ4v) is 1.78. The molecule has 0 saturated carbocycles. The number of ether oxygens (including phenoxy) is 1. The van der Waals surface area contributed by atoms with E-state index in [2.05, 4.69) is 10.4 Å². The van der Waals surface area contributed by atoms with Gasteiger partial charge in [-0.3, -0.25) is 4.79 Å². The maximum absolute atomic E-state index is 11.5. The molecule has 0 fully saturated rings. The molecule has 3 N–H and O–H groups in total. The summed E-state index contributed by atoms with van der Waals surface area (Å²) in [7, 11) is 0. The highest BCUT2D eigenvalue weighted by Crippen LogP contribution is 2.24. The van der Waals surface area contributed by atoms with Crippen LogP contribution < -0.4 is 11.1 Å². The number of aromatic nitrogens is 2. The second kappa shape index (κ2) is 6.43. The normalized spacial score (nSPS) is 9.90. The van der Waals surface area contributed by atoms with E-state index in [9.17, 15) is 10.1 Å². The number of nitrogens with two attached hydrogens (primary N) is 1. The molecule has 0 aliphatic heterocycles. The first-order valence-corrected chi connectivity index (χ1v) is 6.39. The van der Waals surface area contributed by atoms with E-state index >= 15 is 0 Å². The van der Waals surface area contributed by atoms with E-state index in [0.717, 1.165) is 5.69 Å². The minimum Gasteiger partial charge on any atom is -0.465 e. The van der Waals surface area contributed by atoms with Crippen LogP contribution in [0.3, 0.4) is 0 Å². The zero-order valence-electron chi connectivity index (χ0n) is 11.5. The fraction of sp³-hybridized carbons (Fsp3) is 0.214. The van der Waals surface area contributed by atoms with Crippen molar-refractivity contribution in [1.82, 2.24) is 9.78 Å². The summed E-state index contributed by atoms with van der Waals surface area (Å²) in [5.41, 5.74) is 6.81. The number of anilines is 3. The van der Waals surface area contributed by atoms with Crippen molar-refractivity contribution in [2.75, 3.05) is 17.7 Å². The second-order valence-corrected chi connectivity index (χ2v) is 4.17. The first-order valence-electron chi connectivity index (χ1n) is 6.39. The minimum atomic E-state index is -0.456. The molecule has 0 unspecified atom stereocenters. The molecule has 0 bridgehead atoms. The van der Waals surface area contributed by atoms with Crippen molar-refractivity contribution in [2.24, 2.45) is 0 Å². The van der Waals surface area contributed by atoms with Crippen LogP contribution in [0.15, 0.2) is 30.3 Å². The van der Waals surface area contributed by atoms with E-state index in [1.54, 1.807) is 6.92 Å². The van der Waals surface area contributed by atoms with Gasteiger partial charge in [0, 0.05) is 5.69 Å². The van der Waals surface area contributed by atoms with Crippen LogP contribution >= 0.6 is 0 Å². The Morgan fingerprint density at radius 3 is 2.81 bits per heavy atom. The maximum Gasteiger partial charge on any atom is 0.327 e. The summed E-state index contributed by atoms with van der Waals surface area (Å²) in [5.74, 6) is -0.0167. The summed E-state index contributed by atoms with van der Waals surface area (Å²) in [5, 5.41) is 16.3. The van der Waals surface area contributed by atoms with Crippen LogP contribution in [0, 0.1) is 11.3 Å². The molecule has 7 nitrogen and oxygen atoms in total. The van der Waals surface area contributed by atoms with Gasteiger partial charge in [0.1, 0.15) is 24.0 Å². The molecule has 0 radical (unpaired) electrons. The Kier molecular flexibility index (Phi) is 4.41. The smallest absolute Gasteiger partial charge is 0.327 e. The average Bonchev–Trinajstić information content (AvgIpc) is 2.75. The van der Waals surface area contributed by atoms with E-state index in [-0.39, 0.29) is 24.5 Å². The van der Waals surface area contributed by atoms with Crippen molar-refractivity contribution in [1.29, 1.82) is 5.26 Å². The number of benzene rings is 1. The number of hydrogen-bond acceptors (Lipinski definition) is 6. The number of nitriles is 1. The fourth-order valence-electron chi connectivity index (χ4n) is 1.78. The number of carbonyl (C=O) groups is 1. The summed E-state index contributed by atoms with van der Waals surface area (Å²) in [6, 6.07) is 11.2. The lowest BCUT2D eigenvalue weighted by molar-refractivity contribution is -0.143. The number of para-hydroxylation sites is 1. The zero-order valence-corrected chi connectivity index (χ0v) is 11.5. The molecule has 2 aromatic rings. The predicted molar refractivity (Wildman–Crippen MR) is 77.7 cm³/mol. The van der Waals surface area contributed by atoms with Crippen LogP contribution in [0.5, 0.6) is 0 Å². The number of carbonyl (C=O) groups excluding carboxylic acids is 1. The third-order valence-corrected chi connectivity index (χ3v) is 2.72. The molecule has 2 rings (SSSR count). The Hall–Kier alpha value is -3.01.